The van der Waals surface area contributed by atoms with Crippen LogP contribution in [0.3, 0.4) is 0 Å². The van der Waals surface area contributed by atoms with Gasteiger partial charge in [0, 0.05) is 18.0 Å². The summed E-state index contributed by atoms with van der Waals surface area (Å²) in [5.41, 5.74) is 3.99. The summed E-state index contributed by atoms with van der Waals surface area (Å²) in [4.78, 5) is 9.45. The quantitative estimate of drug-likeness (QED) is 0.501. The van der Waals surface area contributed by atoms with Crippen LogP contribution in [0.1, 0.15) is 107 Å². The zero-order valence-corrected chi connectivity index (χ0v) is 18.4. The lowest BCUT2D eigenvalue weighted by Crippen LogP contribution is -2.13. The molecule has 2 heteroatoms. The van der Waals surface area contributed by atoms with Crippen molar-refractivity contribution in [3.8, 4) is 11.4 Å². The van der Waals surface area contributed by atoms with E-state index in [9.17, 15) is 0 Å². The normalized spacial score (nSPS) is 27.7. The van der Waals surface area contributed by atoms with Crippen LogP contribution in [-0.2, 0) is 0 Å². The maximum atomic E-state index is 4.72. The maximum absolute atomic E-state index is 4.72. The Morgan fingerprint density at radius 3 is 1.79 bits per heavy atom. The average molecular weight is 391 g/mol. The number of hydrogen-bond donors (Lipinski definition) is 0. The zero-order chi connectivity index (χ0) is 20.1. The summed E-state index contributed by atoms with van der Waals surface area (Å²) in [5.74, 6) is 4.19. The Morgan fingerprint density at radius 1 is 0.690 bits per heavy atom. The molecule has 1 aromatic heterocycles. The van der Waals surface area contributed by atoms with Crippen LogP contribution in [0, 0.1) is 11.8 Å². The van der Waals surface area contributed by atoms with Gasteiger partial charge in [-0.3, -0.25) is 0 Å². The van der Waals surface area contributed by atoms with E-state index in [0.717, 1.165) is 29.1 Å². The van der Waals surface area contributed by atoms with Crippen LogP contribution in [0.15, 0.2) is 36.7 Å². The van der Waals surface area contributed by atoms with E-state index >= 15 is 0 Å². The Hall–Kier alpha value is -1.70. The van der Waals surface area contributed by atoms with Crippen molar-refractivity contribution in [2.75, 3.05) is 0 Å². The second-order valence-electron chi connectivity index (χ2n) is 9.59. The van der Waals surface area contributed by atoms with Crippen LogP contribution >= 0.6 is 0 Å². The van der Waals surface area contributed by atoms with E-state index in [0.29, 0.717) is 5.92 Å². The summed E-state index contributed by atoms with van der Waals surface area (Å²) >= 11 is 0. The summed E-state index contributed by atoms with van der Waals surface area (Å²) in [7, 11) is 0. The van der Waals surface area contributed by atoms with Crippen molar-refractivity contribution in [1.29, 1.82) is 0 Å². The van der Waals surface area contributed by atoms with E-state index in [-0.39, 0.29) is 0 Å². The summed E-state index contributed by atoms with van der Waals surface area (Å²) in [6.45, 7) is 4.64. The highest BCUT2D eigenvalue weighted by molar-refractivity contribution is 5.55. The molecular weight excluding hydrogens is 352 g/mol. The molecule has 2 aromatic rings. The van der Waals surface area contributed by atoms with E-state index in [1.54, 1.807) is 0 Å². The van der Waals surface area contributed by atoms with E-state index in [4.69, 9.17) is 9.97 Å². The Labute approximate surface area is 177 Å². The summed E-state index contributed by atoms with van der Waals surface area (Å²) in [5, 5.41) is 0. The molecule has 29 heavy (non-hydrogen) atoms. The summed E-state index contributed by atoms with van der Waals surface area (Å²) in [6.07, 6.45) is 19.1. The molecule has 0 saturated heterocycles. The molecule has 0 N–H and O–H groups in total. The molecule has 0 radical (unpaired) electrons. The number of rotatable bonds is 6. The Kier molecular flexibility index (Phi) is 7.00. The average Bonchev–Trinajstić information content (AvgIpc) is 2.80. The largest absolute Gasteiger partial charge is 0.236 e. The van der Waals surface area contributed by atoms with Gasteiger partial charge in [-0.05, 0) is 86.2 Å². The molecule has 0 unspecified atom stereocenters. The predicted octanol–water partition coefficient (Wildman–Crippen LogP) is 7.90. The Balaban J connectivity index is 1.36. The first-order valence-corrected chi connectivity index (χ1v) is 12.2. The molecule has 156 valence electrons. The molecule has 2 aliphatic rings. The van der Waals surface area contributed by atoms with Gasteiger partial charge in [0.1, 0.15) is 0 Å². The lowest BCUT2D eigenvalue weighted by molar-refractivity contribution is 0.308. The van der Waals surface area contributed by atoms with Crippen LogP contribution in [-0.4, -0.2) is 9.97 Å². The van der Waals surface area contributed by atoms with Gasteiger partial charge in [-0.1, -0.05) is 57.4 Å². The van der Waals surface area contributed by atoms with Gasteiger partial charge >= 0.3 is 0 Å². The second kappa shape index (κ2) is 9.87. The second-order valence-corrected chi connectivity index (χ2v) is 9.59. The molecule has 0 atom stereocenters. The third kappa shape index (κ3) is 5.08. The number of benzene rings is 1. The zero-order valence-electron chi connectivity index (χ0n) is 18.4. The first-order chi connectivity index (χ1) is 14.3. The molecule has 0 bridgehead atoms. The highest BCUT2D eigenvalue weighted by Gasteiger charge is 2.23. The Bertz CT molecular complexity index is 733. The third-order valence-electron chi connectivity index (χ3n) is 7.75. The number of nitrogens with zero attached hydrogens (tertiary/aromatic N) is 2. The molecule has 2 aliphatic carbocycles. The van der Waals surface area contributed by atoms with Gasteiger partial charge in [0.15, 0.2) is 5.82 Å². The van der Waals surface area contributed by atoms with Crippen LogP contribution in [0.4, 0.5) is 0 Å². The lowest BCUT2D eigenvalue weighted by Gasteiger charge is -2.28. The molecule has 2 saturated carbocycles. The van der Waals surface area contributed by atoms with Crippen LogP contribution in [0.5, 0.6) is 0 Å². The maximum Gasteiger partial charge on any atom is 0.159 e. The molecule has 2 nitrogen and oxygen atoms in total. The SMILES string of the molecule is CCC[C@H]1CC[C@H](c2ccc(-c3ncc([C@H]4CC[C@H](CC)CC4)cn3)cc2)CC1. The van der Waals surface area contributed by atoms with Crippen molar-refractivity contribution in [2.24, 2.45) is 11.8 Å². The Morgan fingerprint density at radius 2 is 1.24 bits per heavy atom. The van der Waals surface area contributed by atoms with Crippen molar-refractivity contribution in [3.63, 3.8) is 0 Å². The van der Waals surface area contributed by atoms with Crippen molar-refractivity contribution in [3.05, 3.63) is 47.8 Å². The highest BCUT2D eigenvalue weighted by atomic mass is 14.9. The molecule has 1 aromatic carbocycles. The van der Waals surface area contributed by atoms with Gasteiger partial charge in [-0.2, -0.15) is 0 Å². The molecule has 0 aliphatic heterocycles. The lowest BCUT2D eigenvalue weighted by atomic mass is 9.77. The fraction of sp³-hybridized carbons (Fsp3) is 0.630. The van der Waals surface area contributed by atoms with Gasteiger partial charge in [0.05, 0.1) is 0 Å². The van der Waals surface area contributed by atoms with E-state index in [1.807, 2.05) is 0 Å². The molecule has 4 rings (SSSR count). The third-order valence-corrected chi connectivity index (χ3v) is 7.75. The molecule has 1 heterocycles. The smallest absolute Gasteiger partial charge is 0.159 e. The van der Waals surface area contributed by atoms with E-state index in [2.05, 4.69) is 50.5 Å². The molecule has 0 amide bonds. The van der Waals surface area contributed by atoms with Crippen molar-refractivity contribution < 1.29 is 0 Å². The molecular formula is C27H38N2. The van der Waals surface area contributed by atoms with Gasteiger partial charge in [0.25, 0.3) is 0 Å². The van der Waals surface area contributed by atoms with E-state index < -0.39 is 0 Å². The minimum atomic E-state index is 0.664. The first-order valence-electron chi connectivity index (χ1n) is 12.2. The van der Waals surface area contributed by atoms with Gasteiger partial charge in [0.2, 0.25) is 0 Å². The first kappa shape index (κ1) is 20.6. The standard InChI is InChI=1S/C27H38N2/c1-3-5-21-8-12-22(13-9-21)23-14-16-25(17-15-23)27-28-18-26(19-29-27)24-10-6-20(4-2)7-11-24/h14-22,24H,3-13H2,1-2H3/t20-,21-,22-,24-. The van der Waals surface area contributed by atoms with Gasteiger partial charge < -0.3 is 0 Å². The monoisotopic (exact) mass is 390 g/mol. The van der Waals surface area contributed by atoms with Gasteiger partial charge in [-0.25, -0.2) is 9.97 Å². The fourth-order valence-corrected chi connectivity index (χ4v) is 5.70. The highest BCUT2D eigenvalue weighted by Crippen LogP contribution is 2.38. The number of aromatic nitrogens is 2. The van der Waals surface area contributed by atoms with Crippen molar-refractivity contribution >= 4 is 0 Å². The predicted molar refractivity (Wildman–Crippen MR) is 122 cm³/mol. The summed E-state index contributed by atoms with van der Waals surface area (Å²) in [6, 6.07) is 9.11. The van der Waals surface area contributed by atoms with Crippen LogP contribution in [0.25, 0.3) is 11.4 Å². The summed E-state index contributed by atoms with van der Waals surface area (Å²) < 4.78 is 0. The van der Waals surface area contributed by atoms with Gasteiger partial charge in [-0.15, -0.1) is 0 Å². The van der Waals surface area contributed by atoms with Crippen LogP contribution in [0.2, 0.25) is 0 Å². The molecule has 0 spiro atoms. The fourth-order valence-electron chi connectivity index (χ4n) is 5.70. The number of hydrogen-bond acceptors (Lipinski definition) is 2. The van der Waals surface area contributed by atoms with Crippen LogP contribution < -0.4 is 0 Å². The topological polar surface area (TPSA) is 25.8 Å². The molecule has 2 fully saturated rings. The minimum absolute atomic E-state index is 0.664. The van der Waals surface area contributed by atoms with Crippen molar-refractivity contribution in [2.45, 2.75) is 96.3 Å². The van der Waals surface area contributed by atoms with Crippen molar-refractivity contribution in [1.82, 2.24) is 9.97 Å². The minimum Gasteiger partial charge on any atom is -0.236 e. The van der Waals surface area contributed by atoms with E-state index in [1.165, 1.54) is 81.8 Å².